The van der Waals surface area contributed by atoms with E-state index in [0.717, 1.165) is 55.4 Å². The molecule has 1 fully saturated rings. The summed E-state index contributed by atoms with van der Waals surface area (Å²) in [5.41, 5.74) is 2.06. The van der Waals surface area contributed by atoms with Gasteiger partial charge in [0.05, 0.1) is 14.2 Å². The fraction of sp³-hybridized carbons (Fsp3) is 0.381. The van der Waals surface area contributed by atoms with E-state index in [-0.39, 0.29) is 0 Å². The molecule has 0 saturated carbocycles. The SMILES string of the molecule is COc1cc(CN2CCC(c3nc(-c4cccnc4)no3)CC2)cc(OC)c1. The van der Waals surface area contributed by atoms with Crippen LogP contribution < -0.4 is 9.47 Å². The molecule has 0 spiro atoms. The number of aromatic nitrogens is 3. The maximum Gasteiger partial charge on any atom is 0.230 e. The molecule has 146 valence electrons. The number of piperidine rings is 1. The van der Waals surface area contributed by atoms with Gasteiger partial charge >= 0.3 is 0 Å². The number of likely N-dealkylation sites (tertiary alicyclic amines) is 1. The predicted molar refractivity (Wildman–Crippen MR) is 104 cm³/mol. The Kier molecular flexibility index (Phi) is 5.53. The van der Waals surface area contributed by atoms with Gasteiger partial charge < -0.3 is 14.0 Å². The monoisotopic (exact) mass is 380 g/mol. The van der Waals surface area contributed by atoms with Crippen LogP contribution in [0, 0.1) is 0 Å². The van der Waals surface area contributed by atoms with E-state index < -0.39 is 0 Å². The van der Waals surface area contributed by atoms with Gasteiger partial charge in [0, 0.05) is 36.5 Å². The molecule has 7 heteroatoms. The van der Waals surface area contributed by atoms with E-state index in [1.54, 1.807) is 26.6 Å². The van der Waals surface area contributed by atoms with Crippen LogP contribution in [0.4, 0.5) is 0 Å². The number of benzene rings is 1. The van der Waals surface area contributed by atoms with Crippen molar-refractivity contribution in [3.8, 4) is 22.9 Å². The second kappa shape index (κ2) is 8.39. The van der Waals surface area contributed by atoms with Crippen LogP contribution in [-0.4, -0.2) is 47.3 Å². The lowest BCUT2D eigenvalue weighted by Crippen LogP contribution is -2.32. The zero-order valence-electron chi connectivity index (χ0n) is 16.2. The minimum absolute atomic E-state index is 0.300. The highest BCUT2D eigenvalue weighted by atomic mass is 16.5. The Morgan fingerprint density at radius 1 is 1.11 bits per heavy atom. The van der Waals surface area contributed by atoms with Gasteiger partial charge in [0.1, 0.15) is 11.5 Å². The van der Waals surface area contributed by atoms with Crippen LogP contribution in [0.25, 0.3) is 11.4 Å². The standard InChI is InChI=1S/C21H24N4O3/c1-26-18-10-15(11-19(12-18)27-2)14-25-8-5-16(6-9-25)21-23-20(24-28-21)17-4-3-7-22-13-17/h3-4,7,10-13,16H,5-6,8-9,14H2,1-2H3. The summed E-state index contributed by atoms with van der Waals surface area (Å²) >= 11 is 0. The molecule has 1 aliphatic rings. The Bertz CT molecular complexity index is 883. The highest BCUT2D eigenvalue weighted by molar-refractivity contribution is 5.51. The Morgan fingerprint density at radius 3 is 2.50 bits per heavy atom. The summed E-state index contributed by atoms with van der Waals surface area (Å²) < 4.78 is 16.3. The molecule has 7 nitrogen and oxygen atoms in total. The summed E-state index contributed by atoms with van der Waals surface area (Å²) in [7, 11) is 3.35. The Labute approximate surface area is 164 Å². The molecule has 0 atom stereocenters. The first-order chi connectivity index (χ1) is 13.7. The van der Waals surface area contributed by atoms with E-state index in [2.05, 4.69) is 32.2 Å². The average Bonchev–Trinajstić information content (AvgIpc) is 3.25. The van der Waals surface area contributed by atoms with Crippen molar-refractivity contribution in [2.45, 2.75) is 25.3 Å². The molecule has 4 rings (SSSR count). The van der Waals surface area contributed by atoms with E-state index in [1.165, 1.54) is 5.56 Å². The van der Waals surface area contributed by atoms with Crippen LogP contribution in [0.3, 0.4) is 0 Å². The Hall–Kier alpha value is -2.93. The Balaban J connectivity index is 1.37. The molecule has 0 amide bonds. The number of rotatable bonds is 6. The molecule has 2 aromatic heterocycles. The van der Waals surface area contributed by atoms with Crippen molar-refractivity contribution in [1.82, 2.24) is 20.0 Å². The Morgan fingerprint density at radius 2 is 1.86 bits per heavy atom. The van der Waals surface area contributed by atoms with Crippen LogP contribution in [0.15, 0.2) is 47.2 Å². The number of nitrogens with zero attached hydrogens (tertiary/aromatic N) is 4. The van der Waals surface area contributed by atoms with Crippen molar-refractivity contribution >= 4 is 0 Å². The third kappa shape index (κ3) is 4.14. The normalized spacial score (nSPS) is 15.5. The fourth-order valence-electron chi connectivity index (χ4n) is 3.57. The first kappa shape index (κ1) is 18.4. The molecule has 1 saturated heterocycles. The van der Waals surface area contributed by atoms with Gasteiger partial charge in [0.15, 0.2) is 0 Å². The number of methoxy groups -OCH3 is 2. The lowest BCUT2D eigenvalue weighted by atomic mass is 9.96. The molecule has 0 aliphatic carbocycles. The zero-order valence-corrected chi connectivity index (χ0v) is 16.2. The molecule has 1 aromatic carbocycles. The van der Waals surface area contributed by atoms with Gasteiger partial charge in [-0.2, -0.15) is 4.98 Å². The van der Waals surface area contributed by atoms with E-state index in [4.69, 9.17) is 14.0 Å². The van der Waals surface area contributed by atoms with Crippen molar-refractivity contribution in [2.75, 3.05) is 27.3 Å². The summed E-state index contributed by atoms with van der Waals surface area (Å²) in [5.74, 6) is 3.26. The van der Waals surface area contributed by atoms with Crippen molar-refractivity contribution in [3.63, 3.8) is 0 Å². The van der Waals surface area contributed by atoms with E-state index in [0.29, 0.717) is 11.7 Å². The maximum atomic E-state index is 5.53. The summed E-state index contributed by atoms with van der Waals surface area (Å²) in [5, 5.41) is 4.12. The summed E-state index contributed by atoms with van der Waals surface area (Å²) in [6.07, 6.45) is 5.48. The van der Waals surface area contributed by atoms with E-state index in [1.807, 2.05) is 18.2 Å². The quantitative estimate of drug-likeness (QED) is 0.648. The second-order valence-corrected chi connectivity index (χ2v) is 6.97. The minimum atomic E-state index is 0.300. The lowest BCUT2D eigenvalue weighted by Gasteiger charge is -2.30. The average molecular weight is 380 g/mol. The highest BCUT2D eigenvalue weighted by Crippen LogP contribution is 2.30. The van der Waals surface area contributed by atoms with Crippen LogP contribution in [0.5, 0.6) is 11.5 Å². The van der Waals surface area contributed by atoms with Gasteiger partial charge in [-0.25, -0.2) is 0 Å². The first-order valence-electron chi connectivity index (χ1n) is 9.43. The van der Waals surface area contributed by atoms with Crippen molar-refractivity contribution in [3.05, 3.63) is 54.2 Å². The molecule has 0 bridgehead atoms. The van der Waals surface area contributed by atoms with Crippen molar-refractivity contribution in [1.29, 1.82) is 0 Å². The maximum absolute atomic E-state index is 5.53. The van der Waals surface area contributed by atoms with E-state index >= 15 is 0 Å². The number of pyridine rings is 1. The second-order valence-electron chi connectivity index (χ2n) is 6.97. The number of hydrogen-bond acceptors (Lipinski definition) is 7. The van der Waals surface area contributed by atoms with Crippen molar-refractivity contribution < 1.29 is 14.0 Å². The summed E-state index contributed by atoms with van der Waals surface area (Å²) in [4.78, 5) is 11.1. The molecule has 0 N–H and O–H groups in total. The zero-order chi connectivity index (χ0) is 19.3. The molecule has 3 aromatic rings. The lowest BCUT2D eigenvalue weighted by molar-refractivity contribution is 0.187. The predicted octanol–water partition coefficient (Wildman–Crippen LogP) is 3.53. The number of hydrogen-bond donors (Lipinski definition) is 0. The van der Waals surface area contributed by atoms with Crippen LogP contribution >= 0.6 is 0 Å². The van der Waals surface area contributed by atoms with Gasteiger partial charge in [-0.05, 0) is 55.8 Å². The van der Waals surface area contributed by atoms with Gasteiger partial charge in [-0.15, -0.1) is 0 Å². The fourth-order valence-corrected chi connectivity index (χ4v) is 3.57. The van der Waals surface area contributed by atoms with Gasteiger partial charge in [-0.1, -0.05) is 5.16 Å². The molecule has 3 heterocycles. The molecule has 0 unspecified atom stereocenters. The van der Waals surface area contributed by atoms with Gasteiger partial charge in [0.25, 0.3) is 0 Å². The molecule has 1 aliphatic heterocycles. The third-order valence-electron chi connectivity index (χ3n) is 5.12. The summed E-state index contributed by atoms with van der Waals surface area (Å²) in [6.45, 7) is 2.83. The number of ether oxygens (including phenoxy) is 2. The largest absolute Gasteiger partial charge is 0.497 e. The van der Waals surface area contributed by atoms with Gasteiger partial charge in [0.2, 0.25) is 11.7 Å². The van der Waals surface area contributed by atoms with Crippen molar-refractivity contribution in [2.24, 2.45) is 0 Å². The molecular formula is C21H24N4O3. The third-order valence-corrected chi connectivity index (χ3v) is 5.12. The molecule has 0 radical (unpaired) electrons. The minimum Gasteiger partial charge on any atom is -0.497 e. The smallest absolute Gasteiger partial charge is 0.230 e. The topological polar surface area (TPSA) is 73.5 Å². The molecule has 28 heavy (non-hydrogen) atoms. The first-order valence-corrected chi connectivity index (χ1v) is 9.43. The molecular weight excluding hydrogens is 356 g/mol. The summed E-state index contributed by atoms with van der Waals surface area (Å²) in [6, 6.07) is 9.83. The van der Waals surface area contributed by atoms with Crippen LogP contribution in [0.2, 0.25) is 0 Å². The highest BCUT2D eigenvalue weighted by Gasteiger charge is 2.25. The van der Waals surface area contributed by atoms with E-state index in [9.17, 15) is 0 Å². The van der Waals surface area contributed by atoms with Gasteiger partial charge in [-0.3, -0.25) is 9.88 Å². The van der Waals surface area contributed by atoms with Crippen LogP contribution in [0.1, 0.15) is 30.2 Å². The van der Waals surface area contributed by atoms with Crippen LogP contribution in [-0.2, 0) is 6.54 Å².